The number of amides is 2. The smallest absolute Gasteiger partial charge is 0.254 e. The van der Waals surface area contributed by atoms with E-state index < -0.39 is 12.0 Å². The molecule has 1 aliphatic heterocycles. The first-order valence-electron chi connectivity index (χ1n) is 12.7. The minimum atomic E-state index is -0.632. The van der Waals surface area contributed by atoms with Crippen molar-refractivity contribution in [3.8, 4) is 11.5 Å². The van der Waals surface area contributed by atoms with Gasteiger partial charge in [0.25, 0.3) is 5.91 Å². The van der Waals surface area contributed by atoms with E-state index in [4.69, 9.17) is 21.1 Å². The quantitative estimate of drug-likeness (QED) is 0.398. The molecule has 0 spiro atoms. The Labute approximate surface area is 222 Å². The van der Waals surface area contributed by atoms with Crippen molar-refractivity contribution >= 4 is 29.1 Å². The second-order valence-electron chi connectivity index (χ2n) is 9.62. The normalized spacial score (nSPS) is 19.8. The molecule has 1 heterocycles. The predicted molar refractivity (Wildman–Crippen MR) is 145 cm³/mol. The van der Waals surface area contributed by atoms with Gasteiger partial charge in [-0.2, -0.15) is 0 Å². The number of halogens is 1. The van der Waals surface area contributed by atoms with Crippen molar-refractivity contribution in [1.82, 2.24) is 4.90 Å². The summed E-state index contributed by atoms with van der Waals surface area (Å²) >= 11 is 6.25. The fourth-order valence-electron chi connectivity index (χ4n) is 5.74. The molecule has 1 N–H and O–H groups in total. The largest absolute Gasteiger partial charge is 0.497 e. The molecular weight excluding hydrogens is 488 g/mol. The third-order valence-electron chi connectivity index (χ3n) is 7.50. The third-order valence-corrected chi connectivity index (χ3v) is 7.74. The van der Waals surface area contributed by atoms with E-state index in [2.05, 4.69) is 5.32 Å². The third kappa shape index (κ3) is 4.90. The van der Waals surface area contributed by atoms with E-state index in [1.165, 1.54) is 6.42 Å². The van der Waals surface area contributed by atoms with Gasteiger partial charge in [0, 0.05) is 16.6 Å². The van der Waals surface area contributed by atoms with E-state index in [-0.39, 0.29) is 17.9 Å². The minimum absolute atomic E-state index is 0.0206. The molecule has 3 aromatic rings. The van der Waals surface area contributed by atoms with Crippen LogP contribution in [0.2, 0.25) is 5.02 Å². The van der Waals surface area contributed by atoms with Crippen LogP contribution in [0.1, 0.15) is 65.5 Å². The van der Waals surface area contributed by atoms with Gasteiger partial charge in [0.05, 0.1) is 31.9 Å². The molecule has 2 aliphatic rings. The zero-order chi connectivity index (χ0) is 25.9. The number of benzene rings is 3. The van der Waals surface area contributed by atoms with Gasteiger partial charge in [0.1, 0.15) is 11.5 Å². The molecule has 2 atom stereocenters. The molecule has 0 bridgehead atoms. The maximum Gasteiger partial charge on any atom is 0.254 e. The second-order valence-corrected chi connectivity index (χ2v) is 10.1. The summed E-state index contributed by atoms with van der Waals surface area (Å²) in [6, 6.07) is 19.9. The summed E-state index contributed by atoms with van der Waals surface area (Å²) in [5.74, 6) is 0.367. The number of nitrogens with zero attached hydrogens (tertiary/aromatic N) is 1. The molecule has 37 heavy (non-hydrogen) atoms. The van der Waals surface area contributed by atoms with Crippen molar-refractivity contribution in [3.05, 3.63) is 88.4 Å². The molecule has 1 fully saturated rings. The van der Waals surface area contributed by atoms with Gasteiger partial charge < -0.3 is 19.7 Å². The van der Waals surface area contributed by atoms with Crippen LogP contribution < -0.4 is 14.8 Å². The summed E-state index contributed by atoms with van der Waals surface area (Å²) < 4.78 is 10.9. The number of methoxy groups -OCH3 is 2. The summed E-state index contributed by atoms with van der Waals surface area (Å²) in [7, 11) is 3.18. The number of ether oxygens (including phenoxy) is 2. The van der Waals surface area contributed by atoms with Crippen LogP contribution in [0.4, 0.5) is 5.69 Å². The van der Waals surface area contributed by atoms with Crippen molar-refractivity contribution in [2.24, 2.45) is 0 Å². The standard InChI is InChI=1S/C30H31ClN2O4/c1-36-22-15-12-19(13-16-22)28-27(29(34)32-25-18-20(31)14-17-26(25)37-2)23-10-6-7-11-24(23)30(35)33(28)21-8-4-3-5-9-21/h6-7,10-18,21,27-28H,3-5,8-9H2,1-2H3,(H,32,34)/t27-,28-/m0/s1. The summed E-state index contributed by atoms with van der Waals surface area (Å²) in [6.45, 7) is 0. The van der Waals surface area contributed by atoms with Gasteiger partial charge in [-0.1, -0.05) is 61.2 Å². The molecule has 5 rings (SSSR count). The summed E-state index contributed by atoms with van der Waals surface area (Å²) in [5.41, 5.74) is 2.69. The fourth-order valence-corrected chi connectivity index (χ4v) is 5.91. The van der Waals surface area contributed by atoms with Crippen molar-refractivity contribution in [2.45, 2.75) is 50.1 Å². The Hall–Kier alpha value is -3.51. The number of fused-ring (bicyclic) bond motifs is 1. The van der Waals surface area contributed by atoms with Crippen LogP contribution >= 0.6 is 11.6 Å². The van der Waals surface area contributed by atoms with Crippen LogP contribution in [-0.4, -0.2) is 37.0 Å². The van der Waals surface area contributed by atoms with E-state index >= 15 is 0 Å². The molecule has 0 saturated heterocycles. The van der Waals surface area contributed by atoms with E-state index in [1.54, 1.807) is 32.4 Å². The van der Waals surface area contributed by atoms with Crippen LogP contribution in [0.25, 0.3) is 0 Å². The van der Waals surface area contributed by atoms with Gasteiger partial charge in [-0.3, -0.25) is 9.59 Å². The number of carbonyl (C=O) groups is 2. The Kier molecular flexibility index (Phi) is 7.38. The number of hydrogen-bond donors (Lipinski definition) is 1. The predicted octanol–water partition coefficient (Wildman–Crippen LogP) is 6.61. The van der Waals surface area contributed by atoms with Crippen LogP contribution in [0.5, 0.6) is 11.5 Å². The first kappa shape index (κ1) is 25.2. The van der Waals surface area contributed by atoms with Gasteiger partial charge in [-0.15, -0.1) is 0 Å². The molecule has 1 aliphatic carbocycles. The molecule has 3 aromatic carbocycles. The van der Waals surface area contributed by atoms with Crippen LogP contribution in [-0.2, 0) is 4.79 Å². The lowest BCUT2D eigenvalue weighted by molar-refractivity contribution is -0.119. The minimum Gasteiger partial charge on any atom is -0.497 e. The van der Waals surface area contributed by atoms with E-state index in [1.807, 2.05) is 53.4 Å². The molecule has 1 saturated carbocycles. The molecule has 6 nitrogen and oxygen atoms in total. The molecule has 0 aromatic heterocycles. The second kappa shape index (κ2) is 10.9. The Morgan fingerprint density at radius 1 is 0.946 bits per heavy atom. The topological polar surface area (TPSA) is 67.9 Å². The molecule has 2 amide bonds. The highest BCUT2D eigenvalue weighted by atomic mass is 35.5. The molecule has 7 heteroatoms. The highest BCUT2D eigenvalue weighted by molar-refractivity contribution is 6.31. The average molecular weight is 519 g/mol. The van der Waals surface area contributed by atoms with Gasteiger partial charge in [-0.25, -0.2) is 0 Å². The van der Waals surface area contributed by atoms with E-state index in [0.717, 1.165) is 42.6 Å². The molecule has 192 valence electrons. The van der Waals surface area contributed by atoms with E-state index in [9.17, 15) is 9.59 Å². The van der Waals surface area contributed by atoms with Crippen LogP contribution in [0.3, 0.4) is 0 Å². The monoisotopic (exact) mass is 518 g/mol. The number of rotatable bonds is 6. The number of nitrogens with one attached hydrogen (secondary N) is 1. The first-order chi connectivity index (χ1) is 18.0. The molecule has 0 radical (unpaired) electrons. The lowest BCUT2D eigenvalue weighted by atomic mass is 9.77. The van der Waals surface area contributed by atoms with Gasteiger partial charge >= 0.3 is 0 Å². The first-order valence-corrected chi connectivity index (χ1v) is 13.1. The summed E-state index contributed by atoms with van der Waals surface area (Å²) in [6.07, 6.45) is 5.17. The fraction of sp³-hybridized carbons (Fsp3) is 0.333. The SMILES string of the molecule is COc1ccc([C@H]2[C@@H](C(=O)Nc3cc(Cl)ccc3OC)c3ccccc3C(=O)N2C2CCCCC2)cc1. The maximum absolute atomic E-state index is 14.2. The Bertz CT molecular complexity index is 1290. The summed E-state index contributed by atoms with van der Waals surface area (Å²) in [5, 5.41) is 3.55. The number of hydrogen-bond acceptors (Lipinski definition) is 4. The van der Waals surface area contributed by atoms with Gasteiger partial charge in [0.15, 0.2) is 0 Å². The Morgan fingerprint density at radius 3 is 2.38 bits per heavy atom. The lowest BCUT2D eigenvalue weighted by Gasteiger charge is -2.46. The Morgan fingerprint density at radius 2 is 1.68 bits per heavy atom. The van der Waals surface area contributed by atoms with Crippen LogP contribution in [0.15, 0.2) is 66.7 Å². The van der Waals surface area contributed by atoms with Crippen LogP contribution in [0, 0.1) is 0 Å². The summed E-state index contributed by atoms with van der Waals surface area (Å²) in [4.78, 5) is 30.2. The van der Waals surface area contributed by atoms with Crippen molar-refractivity contribution < 1.29 is 19.1 Å². The number of anilines is 1. The maximum atomic E-state index is 14.2. The molecule has 0 unspecified atom stereocenters. The van der Waals surface area contributed by atoms with E-state index in [0.29, 0.717) is 22.0 Å². The van der Waals surface area contributed by atoms with Crippen molar-refractivity contribution in [2.75, 3.05) is 19.5 Å². The zero-order valence-electron chi connectivity index (χ0n) is 21.1. The Balaban J connectivity index is 1.64. The highest BCUT2D eigenvalue weighted by Crippen LogP contribution is 2.46. The number of carbonyl (C=O) groups excluding carboxylic acids is 2. The van der Waals surface area contributed by atoms with Crippen molar-refractivity contribution in [1.29, 1.82) is 0 Å². The lowest BCUT2D eigenvalue weighted by Crippen LogP contribution is -2.51. The van der Waals surface area contributed by atoms with Gasteiger partial charge in [0.2, 0.25) is 5.91 Å². The average Bonchev–Trinajstić information content (AvgIpc) is 2.93. The zero-order valence-corrected chi connectivity index (χ0v) is 21.8. The van der Waals surface area contributed by atoms with Gasteiger partial charge in [-0.05, 0) is 60.4 Å². The highest BCUT2D eigenvalue weighted by Gasteiger charge is 2.46. The van der Waals surface area contributed by atoms with Crippen molar-refractivity contribution in [3.63, 3.8) is 0 Å². The molecular formula is C30H31ClN2O4.